The standard InChI is InChI=1S/C20H26N4O2/c1-15-16(2)21-14-22-20(15)24-12-10-23(11-13-24)19(25)9-8-17-6-4-5-7-18(17)26-3/h4-7,14H,8-13H2,1-3H3. The predicted molar refractivity (Wildman–Crippen MR) is 102 cm³/mol. The molecule has 1 fully saturated rings. The Hall–Kier alpha value is -2.63. The summed E-state index contributed by atoms with van der Waals surface area (Å²) in [6.07, 6.45) is 2.82. The van der Waals surface area contributed by atoms with Gasteiger partial charge in [0.15, 0.2) is 0 Å². The number of piperazine rings is 1. The molecule has 6 heteroatoms. The van der Waals surface area contributed by atoms with Crippen molar-refractivity contribution in [2.24, 2.45) is 0 Å². The number of aromatic nitrogens is 2. The van der Waals surface area contributed by atoms with Crippen LogP contribution in [0.25, 0.3) is 0 Å². The molecule has 2 aromatic rings. The van der Waals surface area contributed by atoms with E-state index in [2.05, 4.69) is 21.8 Å². The van der Waals surface area contributed by atoms with E-state index in [4.69, 9.17) is 4.74 Å². The van der Waals surface area contributed by atoms with Gasteiger partial charge in [-0.15, -0.1) is 0 Å². The first kappa shape index (κ1) is 18.2. The summed E-state index contributed by atoms with van der Waals surface area (Å²) in [5, 5.41) is 0. The molecule has 26 heavy (non-hydrogen) atoms. The highest BCUT2D eigenvalue weighted by Crippen LogP contribution is 2.21. The van der Waals surface area contributed by atoms with Crippen LogP contribution in [0.1, 0.15) is 23.2 Å². The van der Waals surface area contributed by atoms with Crippen LogP contribution in [0, 0.1) is 13.8 Å². The molecule has 1 aliphatic heterocycles. The number of para-hydroxylation sites is 1. The van der Waals surface area contributed by atoms with Crippen molar-refractivity contribution in [2.45, 2.75) is 26.7 Å². The largest absolute Gasteiger partial charge is 0.496 e. The average molecular weight is 354 g/mol. The van der Waals surface area contributed by atoms with E-state index < -0.39 is 0 Å². The fourth-order valence-electron chi connectivity index (χ4n) is 3.32. The number of methoxy groups -OCH3 is 1. The van der Waals surface area contributed by atoms with Crippen LogP contribution in [-0.2, 0) is 11.2 Å². The average Bonchev–Trinajstić information content (AvgIpc) is 2.68. The molecule has 6 nitrogen and oxygen atoms in total. The van der Waals surface area contributed by atoms with Gasteiger partial charge in [-0.2, -0.15) is 0 Å². The van der Waals surface area contributed by atoms with Crippen LogP contribution in [-0.4, -0.2) is 54.1 Å². The van der Waals surface area contributed by atoms with Crippen LogP contribution in [0.2, 0.25) is 0 Å². The molecule has 1 aromatic carbocycles. The number of hydrogen-bond acceptors (Lipinski definition) is 5. The summed E-state index contributed by atoms with van der Waals surface area (Å²) in [6.45, 7) is 7.11. The van der Waals surface area contributed by atoms with Gasteiger partial charge < -0.3 is 14.5 Å². The molecule has 0 N–H and O–H groups in total. The summed E-state index contributed by atoms with van der Waals surface area (Å²) in [6, 6.07) is 7.88. The number of aryl methyl sites for hydroxylation is 2. The van der Waals surface area contributed by atoms with Gasteiger partial charge in [-0.3, -0.25) is 4.79 Å². The normalized spacial score (nSPS) is 14.4. The number of nitrogens with zero attached hydrogens (tertiary/aromatic N) is 4. The van der Waals surface area contributed by atoms with Gasteiger partial charge >= 0.3 is 0 Å². The molecule has 138 valence electrons. The minimum atomic E-state index is 0.200. The van der Waals surface area contributed by atoms with Crippen molar-refractivity contribution in [2.75, 3.05) is 38.2 Å². The van der Waals surface area contributed by atoms with E-state index in [0.29, 0.717) is 12.8 Å². The molecule has 0 spiro atoms. The second-order valence-electron chi connectivity index (χ2n) is 6.59. The third kappa shape index (κ3) is 3.95. The summed E-state index contributed by atoms with van der Waals surface area (Å²) in [5.74, 6) is 2.03. The van der Waals surface area contributed by atoms with E-state index in [0.717, 1.165) is 54.6 Å². The molecule has 3 rings (SSSR count). The summed E-state index contributed by atoms with van der Waals surface area (Å²) < 4.78 is 5.36. The second-order valence-corrected chi connectivity index (χ2v) is 6.59. The number of rotatable bonds is 5. The predicted octanol–water partition coefficient (Wildman–Crippen LogP) is 2.38. The van der Waals surface area contributed by atoms with Crippen molar-refractivity contribution in [1.29, 1.82) is 0 Å². The molecule has 2 heterocycles. The van der Waals surface area contributed by atoms with Crippen molar-refractivity contribution in [3.63, 3.8) is 0 Å². The zero-order valence-electron chi connectivity index (χ0n) is 15.7. The first-order valence-electron chi connectivity index (χ1n) is 9.03. The molecule has 0 aliphatic carbocycles. The number of carbonyl (C=O) groups is 1. The number of hydrogen-bond donors (Lipinski definition) is 0. The van der Waals surface area contributed by atoms with Crippen LogP contribution in [0.3, 0.4) is 0 Å². The number of amides is 1. The first-order chi connectivity index (χ1) is 12.6. The van der Waals surface area contributed by atoms with Crippen LogP contribution < -0.4 is 9.64 Å². The molecule has 1 amide bonds. The van der Waals surface area contributed by atoms with E-state index in [9.17, 15) is 4.79 Å². The van der Waals surface area contributed by atoms with Gasteiger partial charge in [0.05, 0.1) is 7.11 Å². The third-order valence-electron chi connectivity index (χ3n) is 5.04. The summed E-state index contributed by atoms with van der Waals surface area (Å²) in [4.78, 5) is 25.4. The van der Waals surface area contributed by atoms with Crippen molar-refractivity contribution < 1.29 is 9.53 Å². The van der Waals surface area contributed by atoms with Crippen LogP contribution in [0.4, 0.5) is 5.82 Å². The lowest BCUT2D eigenvalue weighted by atomic mass is 10.1. The van der Waals surface area contributed by atoms with Crippen molar-refractivity contribution in [1.82, 2.24) is 14.9 Å². The fourth-order valence-corrected chi connectivity index (χ4v) is 3.32. The number of ether oxygens (including phenoxy) is 1. The molecule has 1 saturated heterocycles. The zero-order valence-corrected chi connectivity index (χ0v) is 15.7. The first-order valence-corrected chi connectivity index (χ1v) is 9.03. The quantitative estimate of drug-likeness (QED) is 0.825. The molecule has 0 atom stereocenters. The number of benzene rings is 1. The second kappa shape index (κ2) is 8.17. The maximum atomic E-state index is 12.6. The monoisotopic (exact) mass is 354 g/mol. The van der Waals surface area contributed by atoms with Crippen LogP contribution in [0.5, 0.6) is 5.75 Å². The summed E-state index contributed by atoms with van der Waals surface area (Å²) in [5.41, 5.74) is 3.20. The highest BCUT2D eigenvalue weighted by Gasteiger charge is 2.23. The molecule has 1 aliphatic rings. The van der Waals surface area contributed by atoms with E-state index in [1.807, 2.05) is 36.1 Å². The Morgan fingerprint density at radius 1 is 1.12 bits per heavy atom. The van der Waals surface area contributed by atoms with E-state index >= 15 is 0 Å². The number of carbonyl (C=O) groups excluding carboxylic acids is 1. The lowest BCUT2D eigenvalue weighted by Crippen LogP contribution is -2.49. The van der Waals surface area contributed by atoms with Crippen LogP contribution >= 0.6 is 0 Å². The fraction of sp³-hybridized carbons (Fsp3) is 0.450. The third-order valence-corrected chi connectivity index (χ3v) is 5.04. The minimum Gasteiger partial charge on any atom is -0.496 e. The zero-order chi connectivity index (χ0) is 18.5. The van der Waals surface area contributed by atoms with Gasteiger partial charge in [0, 0.05) is 43.9 Å². The highest BCUT2D eigenvalue weighted by atomic mass is 16.5. The van der Waals surface area contributed by atoms with Gasteiger partial charge in [0.25, 0.3) is 0 Å². The molecule has 0 unspecified atom stereocenters. The smallest absolute Gasteiger partial charge is 0.223 e. The highest BCUT2D eigenvalue weighted by molar-refractivity contribution is 5.77. The Balaban J connectivity index is 1.54. The Labute approximate surface area is 154 Å². The summed E-state index contributed by atoms with van der Waals surface area (Å²) in [7, 11) is 1.66. The maximum absolute atomic E-state index is 12.6. The lowest BCUT2D eigenvalue weighted by Gasteiger charge is -2.36. The number of anilines is 1. The maximum Gasteiger partial charge on any atom is 0.223 e. The van der Waals surface area contributed by atoms with Gasteiger partial charge in [0.2, 0.25) is 5.91 Å². The minimum absolute atomic E-state index is 0.200. The van der Waals surface area contributed by atoms with Crippen molar-refractivity contribution >= 4 is 11.7 Å². The van der Waals surface area contributed by atoms with Gasteiger partial charge in [0.1, 0.15) is 17.9 Å². The van der Waals surface area contributed by atoms with Crippen LogP contribution in [0.15, 0.2) is 30.6 Å². The Bertz CT molecular complexity index is 770. The van der Waals surface area contributed by atoms with Crippen molar-refractivity contribution in [3.05, 3.63) is 47.4 Å². The van der Waals surface area contributed by atoms with Gasteiger partial charge in [-0.25, -0.2) is 9.97 Å². The van der Waals surface area contributed by atoms with Crippen molar-refractivity contribution in [3.8, 4) is 5.75 Å². The van der Waals surface area contributed by atoms with Gasteiger partial charge in [-0.1, -0.05) is 18.2 Å². The Morgan fingerprint density at radius 3 is 2.58 bits per heavy atom. The molecule has 1 aromatic heterocycles. The lowest BCUT2D eigenvalue weighted by molar-refractivity contribution is -0.131. The molecular weight excluding hydrogens is 328 g/mol. The van der Waals surface area contributed by atoms with E-state index in [-0.39, 0.29) is 5.91 Å². The molecule has 0 radical (unpaired) electrons. The summed E-state index contributed by atoms with van der Waals surface area (Å²) >= 11 is 0. The Kier molecular flexibility index (Phi) is 5.71. The van der Waals surface area contributed by atoms with E-state index in [1.54, 1.807) is 13.4 Å². The van der Waals surface area contributed by atoms with E-state index in [1.165, 1.54) is 0 Å². The molecule has 0 bridgehead atoms. The SMILES string of the molecule is COc1ccccc1CCC(=O)N1CCN(c2ncnc(C)c2C)CC1. The Morgan fingerprint density at radius 2 is 1.85 bits per heavy atom. The molecule has 0 saturated carbocycles. The topological polar surface area (TPSA) is 58.6 Å². The van der Waals surface area contributed by atoms with Gasteiger partial charge in [-0.05, 0) is 31.9 Å². The molecular formula is C20H26N4O2.